The molecule has 1 amide bonds. The number of benzene rings is 1. The summed E-state index contributed by atoms with van der Waals surface area (Å²) in [6.07, 6.45) is 0. The molecule has 3 nitrogen and oxygen atoms in total. The molecule has 0 bridgehead atoms. The molecular weight excluding hydrogens is 214 g/mol. The van der Waals surface area contributed by atoms with Crippen LogP contribution in [0.5, 0.6) is 0 Å². The Morgan fingerprint density at radius 1 is 1.47 bits per heavy atom. The van der Waals surface area contributed by atoms with Gasteiger partial charge in [-0.05, 0) is 12.5 Å². The molecule has 0 radical (unpaired) electrons. The van der Waals surface area contributed by atoms with E-state index in [0.29, 0.717) is 12.2 Å². The van der Waals surface area contributed by atoms with E-state index in [1.165, 1.54) is 0 Å². The number of ether oxygens (including phenoxy) is 1. The summed E-state index contributed by atoms with van der Waals surface area (Å²) in [4.78, 5) is 10.1. The van der Waals surface area contributed by atoms with Crippen LogP contribution in [0.15, 0.2) is 30.3 Å². The van der Waals surface area contributed by atoms with Crippen molar-refractivity contribution < 1.29 is 9.53 Å². The van der Waals surface area contributed by atoms with E-state index in [1.54, 1.807) is 24.3 Å². The van der Waals surface area contributed by atoms with Gasteiger partial charge in [0.05, 0.1) is 6.61 Å². The Morgan fingerprint density at radius 2 is 2.07 bits per heavy atom. The maximum absolute atomic E-state index is 11.3. The standard InChI is InChI=1S/C11H14ClNO2/c1-2-15-8-11(12,10(13)14)9-6-4-3-5-7-9/h3-7H,2,8H2,1H3,(H2,13,14). The number of hydrogen-bond acceptors (Lipinski definition) is 2. The quantitative estimate of drug-likeness (QED) is 0.778. The van der Waals surface area contributed by atoms with Crippen LogP contribution in [0.3, 0.4) is 0 Å². The van der Waals surface area contributed by atoms with Crippen molar-refractivity contribution in [2.75, 3.05) is 13.2 Å². The van der Waals surface area contributed by atoms with E-state index in [4.69, 9.17) is 22.1 Å². The van der Waals surface area contributed by atoms with Crippen molar-refractivity contribution in [2.45, 2.75) is 11.8 Å². The van der Waals surface area contributed by atoms with Gasteiger partial charge in [-0.25, -0.2) is 0 Å². The Bertz CT molecular complexity index is 329. The van der Waals surface area contributed by atoms with Gasteiger partial charge in [0, 0.05) is 6.61 Å². The van der Waals surface area contributed by atoms with Gasteiger partial charge in [0.25, 0.3) is 0 Å². The third-order valence-corrected chi connectivity index (χ3v) is 2.64. The second-order valence-corrected chi connectivity index (χ2v) is 3.81. The average molecular weight is 228 g/mol. The zero-order chi connectivity index (χ0) is 11.3. The van der Waals surface area contributed by atoms with Gasteiger partial charge in [0.15, 0.2) is 4.87 Å². The van der Waals surface area contributed by atoms with E-state index in [0.717, 1.165) is 0 Å². The largest absolute Gasteiger partial charge is 0.379 e. The molecule has 1 unspecified atom stereocenters. The first kappa shape index (κ1) is 12.0. The number of primary amides is 1. The van der Waals surface area contributed by atoms with E-state index in [9.17, 15) is 4.79 Å². The first-order valence-corrected chi connectivity index (χ1v) is 5.11. The van der Waals surface area contributed by atoms with Gasteiger partial charge in [-0.1, -0.05) is 30.3 Å². The van der Waals surface area contributed by atoms with Gasteiger partial charge < -0.3 is 10.5 Å². The highest BCUT2D eigenvalue weighted by Crippen LogP contribution is 2.29. The number of amides is 1. The van der Waals surface area contributed by atoms with Crippen molar-refractivity contribution in [3.63, 3.8) is 0 Å². The fraction of sp³-hybridized carbons (Fsp3) is 0.364. The molecule has 4 heteroatoms. The molecule has 0 aromatic heterocycles. The summed E-state index contributed by atoms with van der Waals surface area (Å²) in [5.41, 5.74) is 5.95. The maximum Gasteiger partial charge on any atom is 0.245 e. The lowest BCUT2D eigenvalue weighted by Gasteiger charge is -2.23. The molecule has 0 fully saturated rings. The molecule has 0 spiro atoms. The lowest BCUT2D eigenvalue weighted by molar-refractivity contribution is -0.122. The molecule has 0 saturated carbocycles. The van der Waals surface area contributed by atoms with Gasteiger partial charge in [-0.2, -0.15) is 0 Å². The van der Waals surface area contributed by atoms with Crippen LogP contribution in [0.25, 0.3) is 0 Å². The summed E-state index contributed by atoms with van der Waals surface area (Å²) in [5, 5.41) is 0. The summed E-state index contributed by atoms with van der Waals surface area (Å²) < 4.78 is 5.18. The lowest BCUT2D eigenvalue weighted by atomic mass is 9.98. The lowest BCUT2D eigenvalue weighted by Crippen LogP contribution is -2.40. The summed E-state index contributed by atoms with van der Waals surface area (Å²) in [6.45, 7) is 2.42. The molecule has 1 aromatic carbocycles. The Hall–Kier alpha value is -1.06. The molecule has 1 atom stereocenters. The van der Waals surface area contributed by atoms with Gasteiger partial charge in [0.1, 0.15) is 0 Å². The SMILES string of the molecule is CCOCC(Cl)(C(N)=O)c1ccccc1. The highest BCUT2D eigenvalue weighted by molar-refractivity contribution is 6.34. The van der Waals surface area contributed by atoms with Gasteiger partial charge in [0.2, 0.25) is 5.91 Å². The number of nitrogens with two attached hydrogens (primary N) is 1. The normalized spacial score (nSPS) is 14.5. The fourth-order valence-electron chi connectivity index (χ4n) is 1.24. The number of carbonyl (C=O) groups is 1. The van der Waals surface area contributed by atoms with Crippen LogP contribution in [0.1, 0.15) is 12.5 Å². The van der Waals surface area contributed by atoms with Crippen molar-refractivity contribution in [2.24, 2.45) is 5.73 Å². The van der Waals surface area contributed by atoms with Crippen molar-refractivity contribution >= 4 is 17.5 Å². The van der Waals surface area contributed by atoms with Gasteiger partial charge in [-0.15, -0.1) is 11.6 Å². The summed E-state index contributed by atoms with van der Waals surface area (Å²) in [5.74, 6) is -0.594. The smallest absolute Gasteiger partial charge is 0.245 e. The molecular formula is C11H14ClNO2. The molecule has 82 valence electrons. The van der Waals surface area contributed by atoms with Gasteiger partial charge in [-0.3, -0.25) is 4.79 Å². The molecule has 1 rings (SSSR count). The van der Waals surface area contributed by atoms with Crippen LogP contribution in [-0.2, 0) is 14.4 Å². The number of hydrogen-bond donors (Lipinski definition) is 1. The van der Waals surface area contributed by atoms with Crippen LogP contribution in [-0.4, -0.2) is 19.1 Å². The Labute approximate surface area is 94.2 Å². The summed E-state index contributed by atoms with van der Waals surface area (Å²) in [7, 11) is 0. The minimum absolute atomic E-state index is 0.0877. The predicted molar refractivity (Wildman–Crippen MR) is 59.7 cm³/mol. The minimum Gasteiger partial charge on any atom is -0.379 e. The number of rotatable bonds is 5. The van der Waals surface area contributed by atoms with Crippen LogP contribution in [0, 0.1) is 0 Å². The second-order valence-electron chi connectivity index (χ2n) is 3.17. The molecule has 0 aliphatic heterocycles. The zero-order valence-corrected chi connectivity index (χ0v) is 9.33. The van der Waals surface area contributed by atoms with E-state index in [1.807, 2.05) is 13.0 Å². The predicted octanol–water partition coefficient (Wildman–Crippen LogP) is 1.64. The molecule has 0 saturated heterocycles. The van der Waals surface area contributed by atoms with Crippen LogP contribution in [0.4, 0.5) is 0 Å². The molecule has 0 aliphatic carbocycles. The molecule has 0 heterocycles. The van der Waals surface area contributed by atoms with Crippen LogP contribution >= 0.6 is 11.6 Å². The van der Waals surface area contributed by atoms with E-state index < -0.39 is 10.8 Å². The molecule has 0 aliphatic rings. The van der Waals surface area contributed by atoms with Crippen molar-refractivity contribution in [3.8, 4) is 0 Å². The first-order valence-electron chi connectivity index (χ1n) is 4.73. The minimum atomic E-state index is -1.27. The van der Waals surface area contributed by atoms with Crippen molar-refractivity contribution in [1.29, 1.82) is 0 Å². The fourth-order valence-corrected chi connectivity index (χ4v) is 1.44. The molecule has 1 aromatic rings. The van der Waals surface area contributed by atoms with E-state index in [2.05, 4.69) is 0 Å². The van der Waals surface area contributed by atoms with E-state index >= 15 is 0 Å². The Kier molecular flexibility index (Phi) is 4.12. The average Bonchev–Trinajstić information content (AvgIpc) is 2.27. The zero-order valence-electron chi connectivity index (χ0n) is 8.57. The Balaban J connectivity index is 2.96. The van der Waals surface area contributed by atoms with Crippen LogP contribution < -0.4 is 5.73 Å². The Morgan fingerprint density at radius 3 is 2.53 bits per heavy atom. The first-order chi connectivity index (χ1) is 7.11. The third-order valence-electron chi connectivity index (χ3n) is 2.13. The number of alkyl halides is 1. The third kappa shape index (κ3) is 2.70. The highest BCUT2D eigenvalue weighted by Gasteiger charge is 2.36. The molecule has 2 N–H and O–H groups in total. The second kappa shape index (κ2) is 5.14. The van der Waals surface area contributed by atoms with Crippen LogP contribution in [0.2, 0.25) is 0 Å². The topological polar surface area (TPSA) is 52.3 Å². The number of carbonyl (C=O) groups excluding carboxylic acids is 1. The van der Waals surface area contributed by atoms with Crippen molar-refractivity contribution in [3.05, 3.63) is 35.9 Å². The summed E-state index contributed by atoms with van der Waals surface area (Å²) >= 11 is 6.18. The van der Waals surface area contributed by atoms with Crippen molar-refractivity contribution in [1.82, 2.24) is 0 Å². The van der Waals surface area contributed by atoms with E-state index in [-0.39, 0.29) is 6.61 Å². The molecule has 15 heavy (non-hydrogen) atoms. The maximum atomic E-state index is 11.3. The van der Waals surface area contributed by atoms with Gasteiger partial charge >= 0.3 is 0 Å². The number of halogens is 1. The monoisotopic (exact) mass is 227 g/mol. The highest BCUT2D eigenvalue weighted by atomic mass is 35.5. The summed E-state index contributed by atoms with van der Waals surface area (Å²) in [6, 6.07) is 8.98.